The molecule has 0 fully saturated rings. The molecular formula is C12H13F3N6. The van der Waals surface area contributed by atoms with Crippen molar-refractivity contribution in [2.75, 3.05) is 6.54 Å². The Kier molecular flexibility index (Phi) is 4.01. The van der Waals surface area contributed by atoms with Gasteiger partial charge in [-0.3, -0.25) is 16.1 Å². The van der Waals surface area contributed by atoms with E-state index in [0.29, 0.717) is 5.56 Å². The summed E-state index contributed by atoms with van der Waals surface area (Å²) in [6.45, 7) is 0.227. The molecule has 0 spiro atoms. The van der Waals surface area contributed by atoms with Crippen molar-refractivity contribution in [2.24, 2.45) is 5.73 Å². The maximum absolute atomic E-state index is 13.8. The van der Waals surface area contributed by atoms with Gasteiger partial charge < -0.3 is 16.0 Å². The Morgan fingerprint density at radius 3 is 2.62 bits per heavy atom. The third-order valence-corrected chi connectivity index (χ3v) is 2.84. The second kappa shape index (κ2) is 5.73. The summed E-state index contributed by atoms with van der Waals surface area (Å²) in [5.41, 5.74) is 5.66. The predicted molar refractivity (Wildman–Crippen MR) is 72.7 cm³/mol. The Hall–Kier alpha value is -2.71. The number of guanidine groups is 2. The molecule has 1 heterocycles. The minimum Gasteiger partial charge on any atom is -0.370 e. The number of nitrogens with two attached hydrogens (primary N) is 1. The van der Waals surface area contributed by atoms with Crippen LogP contribution in [0.4, 0.5) is 13.2 Å². The van der Waals surface area contributed by atoms with Crippen LogP contribution in [0.1, 0.15) is 5.56 Å². The number of aromatic amines is 1. The van der Waals surface area contributed by atoms with Crippen molar-refractivity contribution in [3.63, 3.8) is 0 Å². The standard InChI is InChI=1S/C12H13F3N6/c13-6-3-7-8(10(15)9(6)14)5(4-20-7)1-2-19-12(18)21-11(16)17/h3-4,20H,1-2H2,(H6,16,17,18,19,21). The van der Waals surface area contributed by atoms with E-state index < -0.39 is 17.5 Å². The minimum absolute atomic E-state index is 0.0123. The Morgan fingerprint density at radius 1 is 1.24 bits per heavy atom. The van der Waals surface area contributed by atoms with Crippen molar-refractivity contribution in [1.29, 1.82) is 10.8 Å². The van der Waals surface area contributed by atoms with Crippen LogP contribution in [-0.4, -0.2) is 23.4 Å². The Bertz CT molecular complexity index is 709. The van der Waals surface area contributed by atoms with Crippen LogP contribution in [0.3, 0.4) is 0 Å². The fourth-order valence-electron chi connectivity index (χ4n) is 1.96. The highest BCUT2D eigenvalue weighted by Crippen LogP contribution is 2.25. The summed E-state index contributed by atoms with van der Waals surface area (Å²) in [6, 6.07) is 0.893. The quantitative estimate of drug-likeness (QED) is 0.290. The van der Waals surface area contributed by atoms with Crippen molar-refractivity contribution < 1.29 is 13.2 Å². The molecule has 6 nitrogen and oxygen atoms in total. The zero-order valence-electron chi connectivity index (χ0n) is 10.8. The van der Waals surface area contributed by atoms with Gasteiger partial charge in [0.2, 0.25) is 0 Å². The SMILES string of the molecule is N=C(N)NC(=N)NCCc1c[nH]c2cc(F)c(F)c(F)c12. The molecule has 112 valence electrons. The fourth-order valence-corrected chi connectivity index (χ4v) is 1.96. The molecule has 0 saturated carbocycles. The van der Waals surface area contributed by atoms with Crippen molar-refractivity contribution in [3.8, 4) is 0 Å². The van der Waals surface area contributed by atoms with Crippen molar-refractivity contribution in [1.82, 2.24) is 15.6 Å². The van der Waals surface area contributed by atoms with Crippen LogP contribution in [0.2, 0.25) is 0 Å². The van der Waals surface area contributed by atoms with Crippen molar-refractivity contribution in [2.45, 2.75) is 6.42 Å². The lowest BCUT2D eigenvalue weighted by atomic mass is 10.1. The molecule has 0 bridgehead atoms. The third kappa shape index (κ3) is 3.07. The molecule has 9 heteroatoms. The summed E-state index contributed by atoms with van der Waals surface area (Å²) in [4.78, 5) is 2.67. The Balaban J connectivity index is 2.11. The highest BCUT2D eigenvalue weighted by atomic mass is 19.2. The first kappa shape index (κ1) is 14.7. The second-order valence-corrected chi connectivity index (χ2v) is 4.31. The number of nitrogens with one attached hydrogen (secondary N) is 5. The summed E-state index contributed by atoms with van der Waals surface area (Å²) in [7, 11) is 0. The summed E-state index contributed by atoms with van der Waals surface area (Å²) in [6.07, 6.45) is 1.72. The zero-order valence-corrected chi connectivity index (χ0v) is 10.8. The van der Waals surface area contributed by atoms with E-state index in [1.165, 1.54) is 6.20 Å². The summed E-state index contributed by atoms with van der Waals surface area (Å²) in [5, 5.41) is 19.1. The van der Waals surface area contributed by atoms with E-state index >= 15 is 0 Å². The molecule has 7 N–H and O–H groups in total. The van der Waals surface area contributed by atoms with Crippen LogP contribution in [0.25, 0.3) is 10.9 Å². The molecule has 2 aromatic rings. The molecule has 0 atom stereocenters. The third-order valence-electron chi connectivity index (χ3n) is 2.84. The number of halogens is 3. The lowest BCUT2D eigenvalue weighted by Crippen LogP contribution is -2.43. The topological polar surface area (TPSA) is 114 Å². The molecule has 21 heavy (non-hydrogen) atoms. The van der Waals surface area contributed by atoms with Gasteiger partial charge in [0.25, 0.3) is 0 Å². The molecule has 0 amide bonds. The lowest BCUT2D eigenvalue weighted by molar-refractivity contribution is 0.453. The largest absolute Gasteiger partial charge is 0.370 e. The first-order valence-corrected chi connectivity index (χ1v) is 5.97. The maximum Gasteiger partial charge on any atom is 0.195 e. The Morgan fingerprint density at radius 2 is 1.95 bits per heavy atom. The number of benzene rings is 1. The van der Waals surface area contributed by atoms with E-state index in [1.54, 1.807) is 0 Å². The fraction of sp³-hybridized carbons (Fsp3) is 0.167. The molecule has 0 aliphatic heterocycles. The minimum atomic E-state index is -1.51. The number of H-pyrrole nitrogens is 1. The van der Waals surface area contributed by atoms with Gasteiger partial charge >= 0.3 is 0 Å². The van der Waals surface area contributed by atoms with Gasteiger partial charge in [0.15, 0.2) is 29.4 Å². The van der Waals surface area contributed by atoms with Gasteiger partial charge in [-0.2, -0.15) is 0 Å². The van der Waals surface area contributed by atoms with Gasteiger partial charge in [0, 0.05) is 24.2 Å². The summed E-state index contributed by atoms with van der Waals surface area (Å²) >= 11 is 0. The molecule has 0 unspecified atom stereocenters. The molecule has 1 aromatic heterocycles. The first-order chi connectivity index (χ1) is 9.90. The van der Waals surface area contributed by atoms with Gasteiger partial charge in [-0.25, -0.2) is 13.2 Å². The first-order valence-electron chi connectivity index (χ1n) is 5.97. The van der Waals surface area contributed by atoms with E-state index in [1.807, 2.05) is 0 Å². The van der Waals surface area contributed by atoms with Crippen LogP contribution < -0.4 is 16.4 Å². The van der Waals surface area contributed by atoms with Gasteiger partial charge in [-0.05, 0) is 12.0 Å². The average molecular weight is 298 g/mol. The molecule has 0 saturated heterocycles. The number of hydrogen-bond donors (Lipinski definition) is 6. The van der Waals surface area contributed by atoms with Crippen LogP contribution in [0.15, 0.2) is 12.3 Å². The van der Waals surface area contributed by atoms with Crippen LogP contribution in [-0.2, 0) is 6.42 Å². The van der Waals surface area contributed by atoms with Crippen LogP contribution in [0.5, 0.6) is 0 Å². The van der Waals surface area contributed by atoms with E-state index in [0.717, 1.165) is 6.07 Å². The highest BCUT2D eigenvalue weighted by Gasteiger charge is 2.17. The van der Waals surface area contributed by atoms with Gasteiger partial charge in [-0.1, -0.05) is 0 Å². The Labute approximate surface area is 117 Å². The average Bonchev–Trinajstić information content (AvgIpc) is 2.78. The number of fused-ring (bicyclic) bond motifs is 1. The normalized spacial score (nSPS) is 10.6. The highest BCUT2D eigenvalue weighted by molar-refractivity contribution is 5.94. The second-order valence-electron chi connectivity index (χ2n) is 4.31. The molecule has 2 rings (SSSR count). The van der Waals surface area contributed by atoms with E-state index in [2.05, 4.69) is 15.6 Å². The van der Waals surface area contributed by atoms with Gasteiger partial charge in [0.1, 0.15) is 0 Å². The van der Waals surface area contributed by atoms with E-state index in [-0.39, 0.29) is 35.8 Å². The number of aromatic nitrogens is 1. The van der Waals surface area contributed by atoms with Gasteiger partial charge in [0.05, 0.1) is 5.52 Å². The monoisotopic (exact) mass is 298 g/mol. The summed E-state index contributed by atoms with van der Waals surface area (Å²) in [5.74, 6) is -4.57. The van der Waals surface area contributed by atoms with Gasteiger partial charge in [-0.15, -0.1) is 0 Å². The van der Waals surface area contributed by atoms with Crippen LogP contribution >= 0.6 is 0 Å². The smallest absolute Gasteiger partial charge is 0.195 e. The van der Waals surface area contributed by atoms with Crippen LogP contribution in [0, 0.1) is 28.3 Å². The summed E-state index contributed by atoms with van der Waals surface area (Å²) < 4.78 is 40.1. The molecule has 0 radical (unpaired) electrons. The van der Waals surface area contributed by atoms with E-state index in [9.17, 15) is 13.2 Å². The lowest BCUT2D eigenvalue weighted by Gasteiger charge is -2.08. The van der Waals surface area contributed by atoms with Crippen molar-refractivity contribution in [3.05, 3.63) is 35.3 Å². The molecule has 0 aliphatic carbocycles. The van der Waals surface area contributed by atoms with E-state index in [4.69, 9.17) is 16.6 Å². The zero-order chi connectivity index (χ0) is 15.6. The number of hydrogen-bond acceptors (Lipinski definition) is 2. The molecule has 0 aliphatic rings. The molecule has 1 aromatic carbocycles. The molecular weight excluding hydrogens is 285 g/mol. The number of rotatable bonds is 3. The maximum atomic E-state index is 13.8. The predicted octanol–water partition coefficient (Wildman–Crippen LogP) is 1.14. The van der Waals surface area contributed by atoms with Crippen molar-refractivity contribution >= 4 is 22.8 Å².